The number of β-lactam (4-membered cyclic amide) rings is 1. The summed E-state index contributed by atoms with van der Waals surface area (Å²) in [6.45, 7) is 0. The van der Waals surface area contributed by atoms with Gasteiger partial charge in [-0.25, -0.2) is 9.78 Å². The Hall–Kier alpha value is -2.31. The largest absolute Gasteiger partial charge is 0.477 e. The number of aliphatic carboxylic acids is 1. The van der Waals surface area contributed by atoms with E-state index in [0.717, 1.165) is 16.6 Å². The summed E-state index contributed by atoms with van der Waals surface area (Å²) in [4.78, 5) is 43.1. The van der Waals surface area contributed by atoms with Crippen LogP contribution in [0.15, 0.2) is 39.6 Å². The van der Waals surface area contributed by atoms with E-state index in [9.17, 15) is 19.5 Å². The first-order chi connectivity index (χ1) is 13.0. The molecule has 0 spiro atoms. The Kier molecular flexibility index (Phi) is 4.93. The topological polar surface area (TPSA) is 128 Å². The molecule has 12 heteroatoms. The fourth-order valence-corrected chi connectivity index (χ4v) is 5.88. The predicted octanol–water partition coefficient (Wildman–Crippen LogP) is 0.897. The third-order valence-corrected chi connectivity index (χ3v) is 7.29. The van der Waals surface area contributed by atoms with Gasteiger partial charge < -0.3 is 10.4 Å². The van der Waals surface area contributed by atoms with Gasteiger partial charge >= 0.3 is 5.97 Å². The van der Waals surface area contributed by atoms with E-state index in [4.69, 9.17) is 0 Å². The van der Waals surface area contributed by atoms with Crippen molar-refractivity contribution < 1.29 is 19.5 Å². The number of fused-ring (bicyclic) bond motifs is 1. The van der Waals surface area contributed by atoms with E-state index in [1.54, 1.807) is 0 Å². The number of hydrogen-bond acceptors (Lipinski definition) is 8. The van der Waals surface area contributed by atoms with Crippen LogP contribution in [-0.4, -0.2) is 60.1 Å². The molecule has 0 radical (unpaired) electrons. The first-order valence-electron chi connectivity index (χ1n) is 7.80. The lowest BCUT2D eigenvalue weighted by atomic mass is 10.0. The summed E-state index contributed by atoms with van der Waals surface area (Å²) >= 11 is 4.02. The molecule has 0 aliphatic carbocycles. The standard InChI is InChI=1S/C15H13N5O4S3/c21-9(4-7-2-1-3-25-7)18-10-12(22)20-11(14(23)24)8(5-26-13(10)20)27-15-16-6-17-19-15/h1-3,6,10,13H,4-5H2,(H,18,21)(H,23,24)(H,16,17,19)/t10-,13+/m1/s1. The molecule has 2 aliphatic rings. The number of carboxylic acid groups (broad SMARTS) is 1. The summed E-state index contributed by atoms with van der Waals surface area (Å²) in [5, 5.41) is 20.7. The molecule has 0 bridgehead atoms. The first-order valence-corrected chi connectivity index (χ1v) is 10.5. The highest BCUT2D eigenvalue weighted by Gasteiger charge is 2.54. The molecule has 1 saturated heterocycles. The average molecular weight is 424 g/mol. The maximum atomic E-state index is 12.6. The summed E-state index contributed by atoms with van der Waals surface area (Å²) < 4.78 is 0. The van der Waals surface area contributed by atoms with Gasteiger partial charge in [0.05, 0.1) is 6.42 Å². The minimum atomic E-state index is -1.18. The molecule has 2 aromatic heterocycles. The molecule has 4 rings (SSSR count). The molecule has 0 saturated carbocycles. The van der Waals surface area contributed by atoms with Crippen molar-refractivity contribution in [2.75, 3.05) is 5.75 Å². The Balaban J connectivity index is 1.48. The van der Waals surface area contributed by atoms with Crippen molar-refractivity contribution in [2.24, 2.45) is 0 Å². The average Bonchev–Trinajstić information content (AvgIpc) is 3.33. The Labute approximate surface area is 165 Å². The van der Waals surface area contributed by atoms with Gasteiger partial charge in [-0.05, 0) is 11.4 Å². The fourth-order valence-electron chi connectivity index (χ4n) is 2.83. The maximum Gasteiger partial charge on any atom is 0.353 e. The van der Waals surface area contributed by atoms with E-state index in [1.807, 2.05) is 17.5 Å². The summed E-state index contributed by atoms with van der Waals surface area (Å²) in [7, 11) is 0. The van der Waals surface area contributed by atoms with Crippen LogP contribution in [0.4, 0.5) is 0 Å². The van der Waals surface area contributed by atoms with Gasteiger partial charge in [0, 0.05) is 15.5 Å². The van der Waals surface area contributed by atoms with Crippen molar-refractivity contribution >= 4 is 52.6 Å². The molecule has 27 heavy (non-hydrogen) atoms. The lowest BCUT2D eigenvalue weighted by molar-refractivity contribution is -0.150. The number of aromatic amines is 1. The highest BCUT2D eigenvalue weighted by atomic mass is 32.2. The number of carbonyl (C=O) groups excluding carboxylic acids is 2. The van der Waals surface area contributed by atoms with Gasteiger partial charge in [-0.15, -0.1) is 23.1 Å². The second-order valence-electron chi connectivity index (χ2n) is 5.68. The molecule has 2 aliphatic heterocycles. The second-order valence-corrected chi connectivity index (χ2v) is 8.90. The van der Waals surface area contributed by atoms with Crippen molar-refractivity contribution in [1.29, 1.82) is 0 Å². The minimum absolute atomic E-state index is 0.0612. The van der Waals surface area contributed by atoms with Crippen LogP contribution in [0.5, 0.6) is 0 Å². The van der Waals surface area contributed by atoms with E-state index in [0.29, 0.717) is 15.8 Å². The maximum absolute atomic E-state index is 12.6. The molecule has 2 aromatic rings. The van der Waals surface area contributed by atoms with E-state index in [2.05, 4.69) is 20.5 Å². The van der Waals surface area contributed by atoms with Gasteiger partial charge in [-0.2, -0.15) is 5.10 Å². The molecule has 0 unspecified atom stereocenters. The van der Waals surface area contributed by atoms with Gasteiger partial charge in [0.25, 0.3) is 5.91 Å². The van der Waals surface area contributed by atoms with E-state index >= 15 is 0 Å². The number of amides is 2. The third kappa shape index (κ3) is 3.47. The lowest BCUT2D eigenvalue weighted by Crippen LogP contribution is -2.70. The van der Waals surface area contributed by atoms with Crippen molar-refractivity contribution in [3.63, 3.8) is 0 Å². The molecule has 2 atom stereocenters. The normalized spacial score (nSPS) is 21.6. The van der Waals surface area contributed by atoms with Crippen molar-refractivity contribution in [3.05, 3.63) is 39.3 Å². The highest BCUT2D eigenvalue weighted by Crippen LogP contribution is 2.44. The number of hydrogen-bond donors (Lipinski definition) is 3. The van der Waals surface area contributed by atoms with E-state index < -0.39 is 23.3 Å². The number of thiophene rings is 1. The van der Waals surface area contributed by atoms with Crippen LogP contribution in [0.3, 0.4) is 0 Å². The Morgan fingerprint density at radius 1 is 1.48 bits per heavy atom. The molecule has 3 N–H and O–H groups in total. The molecule has 0 aromatic carbocycles. The molecule has 140 valence electrons. The molecular formula is C15H13N5O4S3. The van der Waals surface area contributed by atoms with Crippen LogP contribution in [-0.2, 0) is 20.8 Å². The zero-order valence-electron chi connectivity index (χ0n) is 13.6. The molecule has 4 heterocycles. The van der Waals surface area contributed by atoms with Gasteiger partial charge in [-0.1, -0.05) is 17.8 Å². The summed E-state index contributed by atoms with van der Waals surface area (Å²) in [6.07, 6.45) is 1.53. The zero-order valence-corrected chi connectivity index (χ0v) is 16.1. The molecular weight excluding hydrogens is 410 g/mol. The molecule has 2 amide bonds. The molecule has 1 fully saturated rings. The van der Waals surface area contributed by atoms with Gasteiger partial charge in [-0.3, -0.25) is 19.6 Å². The number of H-pyrrole nitrogens is 1. The SMILES string of the molecule is O=C(Cc1cccs1)N[C@@H]1C(=O)N2C(C(=O)O)=C(Sc3ncn[nH]3)CS[C@@H]12. The van der Waals surface area contributed by atoms with Crippen molar-refractivity contribution in [1.82, 2.24) is 25.4 Å². The lowest BCUT2D eigenvalue weighted by Gasteiger charge is -2.49. The minimum Gasteiger partial charge on any atom is -0.477 e. The highest BCUT2D eigenvalue weighted by molar-refractivity contribution is 8.06. The van der Waals surface area contributed by atoms with Gasteiger partial charge in [0.1, 0.15) is 23.4 Å². The van der Waals surface area contributed by atoms with E-state index in [-0.39, 0.29) is 18.0 Å². The van der Waals surface area contributed by atoms with Crippen LogP contribution in [0.1, 0.15) is 4.88 Å². The van der Waals surface area contributed by atoms with Crippen molar-refractivity contribution in [2.45, 2.75) is 23.0 Å². The number of carbonyl (C=O) groups is 3. The predicted molar refractivity (Wildman–Crippen MR) is 99.9 cm³/mol. The van der Waals surface area contributed by atoms with E-state index in [1.165, 1.54) is 34.3 Å². The Morgan fingerprint density at radius 2 is 2.33 bits per heavy atom. The van der Waals surface area contributed by atoms with Crippen LogP contribution < -0.4 is 5.32 Å². The van der Waals surface area contributed by atoms with Gasteiger partial charge in [0.15, 0.2) is 5.16 Å². The van der Waals surface area contributed by atoms with Crippen LogP contribution in [0, 0.1) is 0 Å². The number of rotatable bonds is 6. The van der Waals surface area contributed by atoms with Crippen molar-refractivity contribution in [3.8, 4) is 0 Å². The first kappa shape index (κ1) is 18.1. The van der Waals surface area contributed by atoms with Crippen LogP contribution in [0.25, 0.3) is 0 Å². The Morgan fingerprint density at radius 3 is 3.00 bits per heavy atom. The fraction of sp³-hybridized carbons (Fsp3) is 0.267. The quantitative estimate of drug-likeness (QED) is 0.585. The Bertz CT molecular complexity index is 912. The molecule has 9 nitrogen and oxygen atoms in total. The van der Waals surface area contributed by atoms with Crippen LogP contribution in [0.2, 0.25) is 0 Å². The second kappa shape index (κ2) is 7.37. The number of nitrogens with zero attached hydrogens (tertiary/aromatic N) is 3. The monoisotopic (exact) mass is 423 g/mol. The zero-order chi connectivity index (χ0) is 19.0. The van der Waals surface area contributed by atoms with Gasteiger partial charge in [0.2, 0.25) is 5.91 Å². The summed E-state index contributed by atoms with van der Waals surface area (Å²) in [6, 6.07) is 3.00. The van der Waals surface area contributed by atoms with Crippen LogP contribution >= 0.6 is 34.9 Å². The number of thioether (sulfide) groups is 2. The number of aromatic nitrogens is 3. The summed E-state index contributed by atoms with van der Waals surface area (Å²) in [5.74, 6) is -1.45. The number of carboxylic acids is 1. The summed E-state index contributed by atoms with van der Waals surface area (Å²) in [5.41, 5.74) is -0.0612. The smallest absolute Gasteiger partial charge is 0.353 e. The third-order valence-electron chi connectivity index (χ3n) is 3.98. The number of nitrogens with one attached hydrogen (secondary N) is 2.